The summed E-state index contributed by atoms with van der Waals surface area (Å²) in [5.74, 6) is 0. The van der Waals surface area contributed by atoms with Crippen LogP contribution in [0.5, 0.6) is 0 Å². The van der Waals surface area contributed by atoms with Crippen molar-refractivity contribution < 1.29 is 0 Å². The molecule has 1 heteroatoms. The Kier molecular flexibility index (Phi) is 2.97. The topological polar surface area (TPSA) is 12.0 Å². The first-order chi connectivity index (χ1) is 10.7. The van der Waals surface area contributed by atoms with E-state index in [4.69, 9.17) is 0 Å². The summed E-state index contributed by atoms with van der Waals surface area (Å²) in [5, 5.41) is 3.58. The van der Waals surface area contributed by atoms with Crippen molar-refractivity contribution in [3.05, 3.63) is 77.5 Å². The highest BCUT2D eigenvalue weighted by Gasteiger charge is 2.35. The molecule has 0 saturated heterocycles. The second kappa shape index (κ2) is 4.88. The maximum atomic E-state index is 3.58. The van der Waals surface area contributed by atoms with Gasteiger partial charge in [-0.2, -0.15) is 0 Å². The monoisotopic (exact) mass is 287 g/mol. The van der Waals surface area contributed by atoms with Crippen molar-refractivity contribution in [1.29, 1.82) is 0 Å². The summed E-state index contributed by atoms with van der Waals surface area (Å²) in [5.41, 5.74) is 8.19. The maximum absolute atomic E-state index is 3.58. The molecule has 2 aliphatic rings. The summed E-state index contributed by atoms with van der Waals surface area (Å²) in [6.45, 7) is 4.65. The number of hydrogen-bond donors (Lipinski definition) is 1. The first kappa shape index (κ1) is 13.4. The molecule has 1 nitrogen and oxygen atoms in total. The SMILES string of the molecule is CC1(C)c2ccccc2-c2ccc(NC3=CC=CCC3)cc21. The minimum Gasteiger partial charge on any atom is -0.359 e. The lowest BCUT2D eigenvalue weighted by molar-refractivity contribution is 0.660. The molecule has 2 aromatic rings. The van der Waals surface area contributed by atoms with E-state index in [-0.39, 0.29) is 5.41 Å². The van der Waals surface area contributed by atoms with Crippen molar-refractivity contribution in [2.45, 2.75) is 32.1 Å². The Bertz CT molecular complexity index is 793. The Labute approximate surface area is 132 Å². The Morgan fingerprint density at radius 2 is 1.77 bits per heavy atom. The highest BCUT2D eigenvalue weighted by Crippen LogP contribution is 2.49. The Morgan fingerprint density at radius 1 is 0.955 bits per heavy atom. The molecule has 0 unspecified atom stereocenters. The van der Waals surface area contributed by atoms with Gasteiger partial charge in [-0.25, -0.2) is 0 Å². The molecule has 4 rings (SSSR count). The molecule has 0 fully saturated rings. The zero-order valence-electron chi connectivity index (χ0n) is 13.2. The molecule has 110 valence electrons. The van der Waals surface area contributed by atoms with E-state index in [9.17, 15) is 0 Å². The molecule has 0 atom stereocenters. The van der Waals surface area contributed by atoms with Gasteiger partial charge in [0, 0.05) is 16.8 Å². The van der Waals surface area contributed by atoms with Crippen LogP contribution >= 0.6 is 0 Å². The van der Waals surface area contributed by atoms with E-state index in [2.05, 4.69) is 79.9 Å². The van der Waals surface area contributed by atoms with Crippen LogP contribution < -0.4 is 5.32 Å². The number of anilines is 1. The van der Waals surface area contributed by atoms with Gasteiger partial charge in [-0.15, -0.1) is 0 Å². The average molecular weight is 287 g/mol. The number of benzene rings is 2. The van der Waals surface area contributed by atoms with Crippen LogP contribution in [0.4, 0.5) is 5.69 Å². The van der Waals surface area contributed by atoms with E-state index in [0.717, 1.165) is 12.8 Å². The molecule has 0 spiro atoms. The smallest absolute Gasteiger partial charge is 0.0385 e. The van der Waals surface area contributed by atoms with Gasteiger partial charge in [0.2, 0.25) is 0 Å². The maximum Gasteiger partial charge on any atom is 0.0385 e. The molecule has 0 heterocycles. The van der Waals surface area contributed by atoms with Gasteiger partial charge < -0.3 is 5.32 Å². The molecule has 0 radical (unpaired) electrons. The van der Waals surface area contributed by atoms with Crippen molar-refractivity contribution in [2.24, 2.45) is 0 Å². The van der Waals surface area contributed by atoms with Crippen molar-refractivity contribution in [3.8, 4) is 11.1 Å². The van der Waals surface area contributed by atoms with Crippen LogP contribution in [0.2, 0.25) is 0 Å². The summed E-state index contributed by atoms with van der Waals surface area (Å²) in [4.78, 5) is 0. The molecule has 2 aliphatic carbocycles. The quantitative estimate of drug-likeness (QED) is 0.753. The predicted molar refractivity (Wildman–Crippen MR) is 94.1 cm³/mol. The number of allylic oxidation sites excluding steroid dienone is 4. The molecule has 1 N–H and O–H groups in total. The molecular weight excluding hydrogens is 266 g/mol. The minimum absolute atomic E-state index is 0.0739. The van der Waals surface area contributed by atoms with Crippen LogP contribution in [0, 0.1) is 0 Å². The third kappa shape index (κ3) is 2.00. The molecule has 22 heavy (non-hydrogen) atoms. The van der Waals surface area contributed by atoms with Gasteiger partial charge in [-0.1, -0.05) is 56.3 Å². The molecular formula is C21H21N. The Balaban J connectivity index is 1.75. The molecule has 0 aliphatic heterocycles. The van der Waals surface area contributed by atoms with Crippen molar-refractivity contribution in [1.82, 2.24) is 0 Å². The fourth-order valence-corrected chi connectivity index (χ4v) is 3.67. The van der Waals surface area contributed by atoms with Gasteiger partial charge in [0.15, 0.2) is 0 Å². The van der Waals surface area contributed by atoms with Crippen LogP contribution in [-0.4, -0.2) is 0 Å². The number of rotatable bonds is 2. The normalized spacial score (nSPS) is 17.6. The van der Waals surface area contributed by atoms with Gasteiger partial charge in [-0.05, 0) is 53.3 Å². The summed E-state index contributed by atoms with van der Waals surface area (Å²) in [7, 11) is 0. The lowest BCUT2D eigenvalue weighted by Crippen LogP contribution is -2.15. The largest absolute Gasteiger partial charge is 0.359 e. The van der Waals surface area contributed by atoms with E-state index >= 15 is 0 Å². The van der Waals surface area contributed by atoms with E-state index < -0.39 is 0 Å². The van der Waals surface area contributed by atoms with Crippen LogP contribution in [0.25, 0.3) is 11.1 Å². The van der Waals surface area contributed by atoms with Gasteiger partial charge in [0.05, 0.1) is 0 Å². The molecule has 0 aromatic heterocycles. The van der Waals surface area contributed by atoms with Gasteiger partial charge in [0.25, 0.3) is 0 Å². The van der Waals surface area contributed by atoms with Crippen LogP contribution in [-0.2, 0) is 5.41 Å². The summed E-state index contributed by atoms with van der Waals surface area (Å²) >= 11 is 0. The number of nitrogens with one attached hydrogen (secondary N) is 1. The van der Waals surface area contributed by atoms with Crippen LogP contribution in [0.3, 0.4) is 0 Å². The average Bonchev–Trinajstić information content (AvgIpc) is 2.77. The van der Waals surface area contributed by atoms with Crippen molar-refractivity contribution >= 4 is 5.69 Å². The molecule has 0 saturated carbocycles. The third-order valence-corrected chi connectivity index (χ3v) is 4.90. The zero-order valence-corrected chi connectivity index (χ0v) is 13.2. The third-order valence-electron chi connectivity index (χ3n) is 4.90. The van der Waals surface area contributed by atoms with Crippen LogP contribution in [0.1, 0.15) is 37.8 Å². The van der Waals surface area contributed by atoms with Gasteiger partial charge in [0.1, 0.15) is 0 Å². The fraction of sp³-hybridized carbons (Fsp3) is 0.238. The van der Waals surface area contributed by atoms with E-state index in [1.807, 2.05) is 0 Å². The number of hydrogen-bond acceptors (Lipinski definition) is 1. The highest BCUT2D eigenvalue weighted by molar-refractivity contribution is 5.82. The summed E-state index contributed by atoms with van der Waals surface area (Å²) in [6, 6.07) is 15.6. The van der Waals surface area contributed by atoms with Crippen molar-refractivity contribution in [3.63, 3.8) is 0 Å². The van der Waals surface area contributed by atoms with Crippen molar-refractivity contribution in [2.75, 3.05) is 5.32 Å². The van der Waals surface area contributed by atoms with Crippen LogP contribution in [0.15, 0.2) is 66.4 Å². The second-order valence-electron chi connectivity index (χ2n) is 6.71. The first-order valence-corrected chi connectivity index (χ1v) is 8.03. The standard InChI is InChI=1S/C21H21N/c1-21(2)19-11-7-6-10-17(19)18-13-12-16(14-20(18)21)22-15-8-4-3-5-9-15/h3-4,6-8,10-14,22H,5,9H2,1-2H3. The Morgan fingerprint density at radius 3 is 2.59 bits per heavy atom. The molecule has 0 bridgehead atoms. The Hall–Kier alpha value is -2.28. The van der Waals surface area contributed by atoms with E-state index in [1.54, 1.807) is 0 Å². The predicted octanol–water partition coefficient (Wildman–Crippen LogP) is 5.64. The first-order valence-electron chi connectivity index (χ1n) is 8.03. The summed E-state index contributed by atoms with van der Waals surface area (Å²) < 4.78 is 0. The minimum atomic E-state index is 0.0739. The van der Waals surface area contributed by atoms with E-state index in [0.29, 0.717) is 0 Å². The second-order valence-corrected chi connectivity index (χ2v) is 6.71. The fourth-order valence-electron chi connectivity index (χ4n) is 3.67. The number of fused-ring (bicyclic) bond motifs is 3. The van der Waals surface area contributed by atoms with Gasteiger partial charge in [-0.3, -0.25) is 0 Å². The molecule has 2 aromatic carbocycles. The zero-order chi connectivity index (χ0) is 15.2. The summed E-state index contributed by atoms with van der Waals surface area (Å²) in [6.07, 6.45) is 8.75. The van der Waals surface area contributed by atoms with Gasteiger partial charge >= 0.3 is 0 Å². The molecule has 0 amide bonds. The van der Waals surface area contributed by atoms with E-state index in [1.165, 1.54) is 33.6 Å². The highest BCUT2D eigenvalue weighted by atomic mass is 14.9. The lowest BCUT2D eigenvalue weighted by Gasteiger charge is -2.22. The lowest BCUT2D eigenvalue weighted by atomic mass is 9.82.